The van der Waals surface area contributed by atoms with Crippen molar-refractivity contribution >= 4 is 11.6 Å². The molecule has 1 atom stereocenters. The van der Waals surface area contributed by atoms with Gasteiger partial charge >= 0.3 is 6.18 Å². The predicted molar refractivity (Wildman–Crippen MR) is 112 cm³/mol. The summed E-state index contributed by atoms with van der Waals surface area (Å²) in [6.45, 7) is 0.221. The normalized spacial score (nSPS) is 12.3. The van der Waals surface area contributed by atoms with E-state index in [1.54, 1.807) is 36.4 Å². The Morgan fingerprint density at radius 2 is 1.74 bits per heavy atom. The lowest BCUT2D eigenvalue weighted by Gasteiger charge is -2.26. The van der Waals surface area contributed by atoms with E-state index in [2.05, 4.69) is 4.98 Å². The van der Waals surface area contributed by atoms with Crippen LogP contribution in [0.3, 0.4) is 0 Å². The third-order valence-electron chi connectivity index (χ3n) is 4.84. The fourth-order valence-corrected chi connectivity index (χ4v) is 3.09. The van der Waals surface area contributed by atoms with Crippen LogP contribution >= 0.6 is 0 Å². The number of halogens is 3. The Hall–Kier alpha value is -3.39. The highest BCUT2D eigenvalue weighted by Gasteiger charge is 2.30. The average Bonchev–Trinajstić information content (AvgIpc) is 2.79. The van der Waals surface area contributed by atoms with Gasteiger partial charge in [-0.25, -0.2) is 4.98 Å². The summed E-state index contributed by atoms with van der Waals surface area (Å²) in [7, 11) is 1.49. The van der Waals surface area contributed by atoms with Crippen molar-refractivity contribution in [3.63, 3.8) is 0 Å². The van der Waals surface area contributed by atoms with Crippen LogP contribution in [-0.2, 0) is 17.4 Å². The summed E-state index contributed by atoms with van der Waals surface area (Å²) in [5, 5.41) is 0. The van der Waals surface area contributed by atoms with Crippen LogP contribution in [0.15, 0.2) is 72.9 Å². The molecule has 0 saturated carbocycles. The molecule has 8 heteroatoms. The first-order valence-corrected chi connectivity index (χ1v) is 9.57. The van der Waals surface area contributed by atoms with Gasteiger partial charge in [0.05, 0.1) is 24.6 Å². The van der Waals surface area contributed by atoms with Crippen molar-refractivity contribution in [3.05, 3.63) is 89.6 Å². The second kappa shape index (κ2) is 9.61. The molecule has 0 aliphatic heterocycles. The Kier molecular flexibility index (Phi) is 6.91. The van der Waals surface area contributed by atoms with E-state index in [-0.39, 0.29) is 12.5 Å². The van der Waals surface area contributed by atoms with Crippen LogP contribution in [0.5, 0.6) is 5.88 Å². The summed E-state index contributed by atoms with van der Waals surface area (Å²) in [4.78, 5) is 18.8. The molecule has 1 amide bonds. The van der Waals surface area contributed by atoms with Crippen LogP contribution in [-0.4, -0.2) is 24.5 Å². The van der Waals surface area contributed by atoms with Gasteiger partial charge in [-0.1, -0.05) is 42.5 Å². The number of anilines is 1. The summed E-state index contributed by atoms with van der Waals surface area (Å²) >= 11 is 0. The third kappa shape index (κ3) is 5.61. The van der Waals surface area contributed by atoms with Crippen LogP contribution in [0.4, 0.5) is 18.9 Å². The van der Waals surface area contributed by atoms with Gasteiger partial charge in [-0.15, -0.1) is 0 Å². The number of nitrogens with zero attached hydrogens (tertiary/aromatic N) is 2. The molecule has 5 nitrogen and oxygen atoms in total. The van der Waals surface area contributed by atoms with Crippen molar-refractivity contribution in [1.82, 2.24) is 4.98 Å². The highest BCUT2D eigenvalue weighted by atomic mass is 19.4. The molecule has 0 aliphatic carbocycles. The topological polar surface area (TPSA) is 68.5 Å². The smallest absolute Gasteiger partial charge is 0.416 e. The first-order chi connectivity index (χ1) is 14.8. The summed E-state index contributed by atoms with van der Waals surface area (Å²) in [6, 6.07) is 16.3. The van der Waals surface area contributed by atoms with Crippen LogP contribution in [0.25, 0.3) is 0 Å². The first kappa shape index (κ1) is 22.3. The number of ether oxygens (including phenoxy) is 1. The molecule has 0 spiro atoms. The quantitative estimate of drug-likeness (QED) is 0.605. The van der Waals surface area contributed by atoms with Crippen molar-refractivity contribution < 1.29 is 22.7 Å². The Labute approximate surface area is 178 Å². The molecule has 3 aromatic rings. The molecule has 3 rings (SSSR count). The lowest BCUT2D eigenvalue weighted by Crippen LogP contribution is -2.40. The number of nitrogens with two attached hydrogens (primary N) is 1. The number of pyridine rings is 1. The number of alkyl halides is 3. The minimum Gasteiger partial charge on any atom is -0.481 e. The monoisotopic (exact) mass is 429 g/mol. The van der Waals surface area contributed by atoms with Crippen molar-refractivity contribution in [2.75, 3.05) is 18.6 Å². The molecule has 0 saturated heterocycles. The largest absolute Gasteiger partial charge is 0.481 e. The van der Waals surface area contributed by atoms with Crippen LogP contribution in [0.1, 0.15) is 22.7 Å². The number of benzene rings is 2. The standard InChI is InChI=1S/C23H22F3N3O2/c1-31-20-12-11-19(15-28-20)29(22(30)21(27)17-5-3-2-4-6-17)14-13-16-7-9-18(10-8-16)23(24,25)26/h2-12,15,21H,13-14,27H2,1H3/t21-/m0/s1. The molecule has 0 unspecified atom stereocenters. The Morgan fingerprint density at radius 1 is 1.06 bits per heavy atom. The van der Waals surface area contributed by atoms with E-state index in [1.165, 1.54) is 30.3 Å². The predicted octanol–water partition coefficient (Wildman–Crippen LogP) is 4.38. The summed E-state index contributed by atoms with van der Waals surface area (Å²) in [5.74, 6) is 0.0522. The maximum Gasteiger partial charge on any atom is 0.416 e. The van der Waals surface area contributed by atoms with E-state index in [1.807, 2.05) is 6.07 Å². The third-order valence-corrected chi connectivity index (χ3v) is 4.84. The molecule has 0 bridgehead atoms. The molecule has 162 valence electrons. The van der Waals surface area contributed by atoms with E-state index < -0.39 is 17.8 Å². The molecular formula is C23H22F3N3O2. The minimum atomic E-state index is -4.39. The van der Waals surface area contributed by atoms with Gasteiger partial charge in [0.1, 0.15) is 6.04 Å². The second-order valence-electron chi connectivity index (χ2n) is 6.88. The van der Waals surface area contributed by atoms with Crippen LogP contribution in [0, 0.1) is 0 Å². The van der Waals surface area contributed by atoms with E-state index >= 15 is 0 Å². The molecule has 2 aromatic carbocycles. The number of carbonyl (C=O) groups is 1. The first-order valence-electron chi connectivity index (χ1n) is 9.57. The lowest BCUT2D eigenvalue weighted by molar-refractivity contribution is -0.137. The van der Waals surface area contributed by atoms with Gasteiger partial charge < -0.3 is 15.4 Å². The molecule has 0 aliphatic rings. The number of methoxy groups -OCH3 is 1. The van der Waals surface area contributed by atoms with Crippen LogP contribution in [0.2, 0.25) is 0 Å². The van der Waals surface area contributed by atoms with Gasteiger partial charge in [0.2, 0.25) is 11.8 Å². The Morgan fingerprint density at radius 3 is 2.29 bits per heavy atom. The van der Waals surface area contributed by atoms with Gasteiger partial charge in [-0.3, -0.25) is 4.79 Å². The minimum absolute atomic E-state index is 0.221. The SMILES string of the molecule is COc1ccc(N(CCc2ccc(C(F)(F)F)cc2)C(=O)[C@@H](N)c2ccccc2)cn1. The number of aromatic nitrogens is 1. The van der Waals surface area contributed by atoms with Gasteiger partial charge in [-0.05, 0) is 35.7 Å². The number of carbonyl (C=O) groups excluding carboxylic acids is 1. The molecule has 31 heavy (non-hydrogen) atoms. The van der Waals surface area contributed by atoms with E-state index in [0.717, 1.165) is 12.1 Å². The average molecular weight is 429 g/mol. The Bertz CT molecular complexity index is 991. The lowest BCUT2D eigenvalue weighted by atomic mass is 10.0. The van der Waals surface area contributed by atoms with Gasteiger partial charge in [-0.2, -0.15) is 13.2 Å². The Balaban J connectivity index is 1.82. The fourth-order valence-electron chi connectivity index (χ4n) is 3.09. The molecule has 0 fully saturated rings. The van der Waals surface area contributed by atoms with E-state index in [9.17, 15) is 18.0 Å². The van der Waals surface area contributed by atoms with Gasteiger partial charge in [0, 0.05) is 12.6 Å². The fraction of sp³-hybridized carbons (Fsp3) is 0.217. The summed E-state index contributed by atoms with van der Waals surface area (Å²) in [5.41, 5.74) is 7.34. The van der Waals surface area contributed by atoms with Gasteiger partial charge in [0.25, 0.3) is 0 Å². The molecule has 2 N–H and O–H groups in total. The zero-order chi connectivity index (χ0) is 22.4. The molecule has 1 aromatic heterocycles. The van der Waals surface area contributed by atoms with Crippen molar-refractivity contribution in [3.8, 4) is 5.88 Å². The molecular weight excluding hydrogens is 407 g/mol. The van der Waals surface area contributed by atoms with Crippen molar-refractivity contribution in [2.24, 2.45) is 5.73 Å². The molecule has 0 radical (unpaired) electrons. The van der Waals surface area contributed by atoms with E-state index in [4.69, 9.17) is 10.5 Å². The maximum absolute atomic E-state index is 13.2. The number of amides is 1. The summed E-state index contributed by atoms with van der Waals surface area (Å²) < 4.78 is 43.4. The van der Waals surface area contributed by atoms with E-state index in [0.29, 0.717) is 29.1 Å². The summed E-state index contributed by atoms with van der Waals surface area (Å²) in [6.07, 6.45) is -2.55. The maximum atomic E-state index is 13.2. The van der Waals surface area contributed by atoms with Crippen molar-refractivity contribution in [1.29, 1.82) is 0 Å². The van der Waals surface area contributed by atoms with Crippen LogP contribution < -0.4 is 15.4 Å². The zero-order valence-electron chi connectivity index (χ0n) is 16.8. The zero-order valence-corrected chi connectivity index (χ0v) is 16.8. The number of hydrogen-bond acceptors (Lipinski definition) is 4. The number of hydrogen-bond donors (Lipinski definition) is 1. The highest BCUT2D eigenvalue weighted by molar-refractivity contribution is 5.97. The highest BCUT2D eigenvalue weighted by Crippen LogP contribution is 2.29. The number of rotatable bonds is 7. The molecule has 1 heterocycles. The van der Waals surface area contributed by atoms with Gasteiger partial charge in [0.15, 0.2) is 0 Å². The second-order valence-corrected chi connectivity index (χ2v) is 6.88. The van der Waals surface area contributed by atoms with Crippen molar-refractivity contribution in [2.45, 2.75) is 18.6 Å².